The molecule has 0 spiro atoms. The van der Waals surface area contributed by atoms with Crippen LogP contribution in [0, 0.1) is 0 Å². The van der Waals surface area contributed by atoms with Crippen LogP contribution in [0.2, 0.25) is 0 Å². The van der Waals surface area contributed by atoms with Crippen molar-refractivity contribution in [3.05, 3.63) is 0 Å². The van der Waals surface area contributed by atoms with Crippen LogP contribution in [0.1, 0.15) is 27.2 Å². The van der Waals surface area contributed by atoms with Crippen molar-refractivity contribution in [3.63, 3.8) is 0 Å². The molecule has 0 aliphatic rings. The lowest BCUT2D eigenvalue weighted by atomic mass is 10.00. The Morgan fingerprint density at radius 1 is 1.43 bits per heavy atom. The number of ketones is 1. The number of rotatable bonds is 5. The lowest BCUT2D eigenvalue weighted by molar-refractivity contribution is -0.177. The first-order valence-electron chi connectivity index (χ1n) is 4.36. The van der Waals surface area contributed by atoms with E-state index in [1.165, 1.54) is 14.0 Å². The Hall–Kier alpha value is -0.940. The van der Waals surface area contributed by atoms with Crippen LogP contribution in [0.3, 0.4) is 0 Å². The summed E-state index contributed by atoms with van der Waals surface area (Å²) in [6, 6.07) is 0. The van der Waals surface area contributed by atoms with Gasteiger partial charge in [0.2, 0.25) is 0 Å². The molecule has 5 heteroatoms. The van der Waals surface area contributed by atoms with Crippen molar-refractivity contribution in [2.75, 3.05) is 13.7 Å². The van der Waals surface area contributed by atoms with Gasteiger partial charge in [-0.1, -0.05) is 0 Å². The molecule has 0 aromatic rings. The van der Waals surface area contributed by atoms with E-state index in [2.05, 4.69) is 4.74 Å². The lowest BCUT2D eigenvalue weighted by Gasteiger charge is -2.30. The molecule has 0 amide bonds. The Morgan fingerprint density at radius 2 is 1.93 bits per heavy atom. The average Bonchev–Trinajstić information content (AvgIpc) is 2.12. The smallest absolute Gasteiger partial charge is 0.306 e. The third-order valence-corrected chi connectivity index (χ3v) is 2.26. The number of esters is 1. The second-order valence-corrected chi connectivity index (χ2v) is 3.56. The summed E-state index contributed by atoms with van der Waals surface area (Å²) in [7, 11) is 1.28. The van der Waals surface area contributed by atoms with Crippen LogP contribution in [0.4, 0.5) is 0 Å². The molecular formula is C9H17NO4. The molecule has 0 fully saturated rings. The van der Waals surface area contributed by atoms with Gasteiger partial charge in [0.05, 0.1) is 19.1 Å². The summed E-state index contributed by atoms with van der Waals surface area (Å²) in [5, 5.41) is 10.3. The highest BCUT2D eigenvalue weighted by atomic mass is 16.5. The second-order valence-electron chi connectivity index (χ2n) is 3.56. The fraction of sp³-hybridized carbons (Fsp3) is 0.778. The zero-order valence-electron chi connectivity index (χ0n) is 9.03. The number of hydrogen-bond donors (Lipinski definition) is 1. The molecule has 0 atom stereocenters. The minimum atomic E-state index is -0.964. The van der Waals surface area contributed by atoms with Gasteiger partial charge in [-0.3, -0.25) is 9.59 Å². The van der Waals surface area contributed by atoms with Crippen LogP contribution < -0.4 is 0 Å². The van der Waals surface area contributed by atoms with Crippen molar-refractivity contribution in [2.24, 2.45) is 0 Å². The average molecular weight is 203 g/mol. The molecule has 0 radical (unpaired) electrons. The van der Waals surface area contributed by atoms with Crippen molar-refractivity contribution in [2.45, 2.75) is 32.7 Å². The Morgan fingerprint density at radius 3 is 2.29 bits per heavy atom. The molecule has 5 nitrogen and oxygen atoms in total. The molecule has 0 aliphatic heterocycles. The minimum absolute atomic E-state index is 0.0592. The number of carbonyl (C=O) groups excluding carboxylic acids is 2. The van der Waals surface area contributed by atoms with Crippen LogP contribution in [0.15, 0.2) is 0 Å². The first-order chi connectivity index (χ1) is 6.32. The van der Waals surface area contributed by atoms with Crippen molar-refractivity contribution >= 4 is 11.8 Å². The van der Waals surface area contributed by atoms with Gasteiger partial charge in [-0.2, -0.15) is 5.06 Å². The highest BCUT2D eigenvalue weighted by Crippen LogP contribution is 2.13. The summed E-state index contributed by atoms with van der Waals surface area (Å²) in [5.74, 6) is -0.576. The maximum absolute atomic E-state index is 11.1. The van der Waals surface area contributed by atoms with E-state index in [-0.39, 0.29) is 18.7 Å². The van der Waals surface area contributed by atoms with Gasteiger partial charge in [-0.15, -0.1) is 0 Å². The largest absolute Gasteiger partial charge is 0.469 e. The fourth-order valence-electron chi connectivity index (χ4n) is 0.761. The predicted molar refractivity (Wildman–Crippen MR) is 49.9 cm³/mol. The molecule has 0 rings (SSSR count). The number of ether oxygens (including phenoxy) is 1. The molecule has 82 valence electrons. The molecule has 0 bridgehead atoms. The predicted octanol–water partition coefficient (Wildman–Crippen LogP) is 0.608. The quantitative estimate of drug-likeness (QED) is 0.523. The van der Waals surface area contributed by atoms with Crippen LogP contribution in [-0.2, 0) is 14.3 Å². The molecule has 1 N–H and O–H groups in total. The zero-order chi connectivity index (χ0) is 11.4. The van der Waals surface area contributed by atoms with Gasteiger partial charge in [0.1, 0.15) is 0 Å². The van der Waals surface area contributed by atoms with E-state index in [4.69, 9.17) is 0 Å². The van der Waals surface area contributed by atoms with Gasteiger partial charge < -0.3 is 9.94 Å². The Labute approximate surface area is 83.6 Å². The van der Waals surface area contributed by atoms with E-state index in [0.717, 1.165) is 5.06 Å². The lowest BCUT2D eigenvalue weighted by Crippen LogP contribution is -2.48. The SMILES string of the molecule is COC(=O)CCN(O)C(C)(C)C(C)=O. The fourth-order valence-corrected chi connectivity index (χ4v) is 0.761. The number of hydroxylamine groups is 2. The molecule has 0 saturated carbocycles. The number of carbonyl (C=O) groups is 2. The number of hydrogen-bond acceptors (Lipinski definition) is 5. The van der Waals surface area contributed by atoms with Crippen LogP contribution in [-0.4, -0.2) is 41.2 Å². The third-order valence-electron chi connectivity index (χ3n) is 2.26. The summed E-state index contributed by atoms with van der Waals surface area (Å²) in [4.78, 5) is 21.9. The molecule has 14 heavy (non-hydrogen) atoms. The van der Waals surface area contributed by atoms with Gasteiger partial charge in [-0.05, 0) is 20.8 Å². The topological polar surface area (TPSA) is 66.8 Å². The molecular weight excluding hydrogens is 186 g/mol. The molecule has 0 aliphatic carbocycles. The molecule has 0 heterocycles. The van der Waals surface area contributed by atoms with E-state index in [9.17, 15) is 14.8 Å². The van der Waals surface area contributed by atoms with Gasteiger partial charge in [-0.25, -0.2) is 0 Å². The second kappa shape index (κ2) is 5.07. The summed E-state index contributed by atoms with van der Waals surface area (Å²) in [6.07, 6.45) is 0.0592. The minimum Gasteiger partial charge on any atom is -0.469 e. The van der Waals surface area contributed by atoms with Gasteiger partial charge >= 0.3 is 5.97 Å². The van der Waals surface area contributed by atoms with Crippen LogP contribution in [0.5, 0.6) is 0 Å². The first-order valence-corrected chi connectivity index (χ1v) is 4.36. The molecule has 0 aromatic carbocycles. The summed E-state index contributed by atoms with van der Waals surface area (Å²) in [5.41, 5.74) is -0.964. The maximum Gasteiger partial charge on any atom is 0.306 e. The van der Waals surface area contributed by atoms with E-state index in [0.29, 0.717) is 0 Å². The summed E-state index contributed by atoms with van der Waals surface area (Å²) < 4.78 is 4.41. The van der Waals surface area contributed by atoms with E-state index >= 15 is 0 Å². The Bertz CT molecular complexity index is 225. The van der Waals surface area contributed by atoms with Crippen molar-refractivity contribution in [1.29, 1.82) is 0 Å². The Balaban J connectivity index is 4.14. The number of nitrogens with zero attached hydrogens (tertiary/aromatic N) is 1. The maximum atomic E-state index is 11.1. The molecule has 0 saturated heterocycles. The van der Waals surface area contributed by atoms with Crippen molar-refractivity contribution in [1.82, 2.24) is 5.06 Å². The third kappa shape index (κ3) is 3.43. The van der Waals surface area contributed by atoms with Crippen LogP contribution in [0.25, 0.3) is 0 Å². The van der Waals surface area contributed by atoms with Crippen molar-refractivity contribution in [3.8, 4) is 0 Å². The van der Waals surface area contributed by atoms with Gasteiger partial charge in [0.15, 0.2) is 5.78 Å². The standard InChI is InChI=1S/C9H17NO4/c1-7(11)9(2,3)10(13)6-5-8(12)14-4/h13H,5-6H2,1-4H3. The summed E-state index contributed by atoms with van der Waals surface area (Å²) >= 11 is 0. The van der Waals surface area contributed by atoms with E-state index in [1.54, 1.807) is 13.8 Å². The van der Waals surface area contributed by atoms with Crippen LogP contribution >= 0.6 is 0 Å². The van der Waals surface area contributed by atoms with E-state index < -0.39 is 11.5 Å². The van der Waals surface area contributed by atoms with Gasteiger partial charge in [0.25, 0.3) is 0 Å². The van der Waals surface area contributed by atoms with E-state index in [1.807, 2.05) is 0 Å². The monoisotopic (exact) mass is 203 g/mol. The molecule has 0 unspecified atom stereocenters. The highest BCUT2D eigenvalue weighted by Gasteiger charge is 2.30. The highest BCUT2D eigenvalue weighted by molar-refractivity contribution is 5.84. The number of methoxy groups -OCH3 is 1. The summed E-state index contributed by atoms with van der Waals surface area (Å²) in [6.45, 7) is 4.65. The van der Waals surface area contributed by atoms with Crippen molar-refractivity contribution < 1.29 is 19.5 Å². The van der Waals surface area contributed by atoms with Gasteiger partial charge in [0, 0.05) is 6.54 Å². The number of Topliss-reactive ketones (excluding diaryl/α,β-unsaturated/α-hetero) is 1. The Kier molecular flexibility index (Phi) is 4.73. The molecule has 0 aromatic heterocycles. The first kappa shape index (κ1) is 13.1. The normalized spacial score (nSPS) is 11.6. The zero-order valence-corrected chi connectivity index (χ0v) is 9.03.